The zero-order valence-corrected chi connectivity index (χ0v) is 16.4. The maximum atomic E-state index is 12.5. The molecule has 142 valence electrons. The van der Waals surface area contributed by atoms with Gasteiger partial charge < -0.3 is 19.5 Å². The van der Waals surface area contributed by atoms with Crippen LogP contribution in [0.2, 0.25) is 0 Å². The van der Waals surface area contributed by atoms with Crippen molar-refractivity contribution >= 4 is 17.7 Å². The second-order valence-electron chi connectivity index (χ2n) is 5.48. The molecule has 0 aliphatic carbocycles. The Morgan fingerprint density at radius 1 is 1.07 bits per heavy atom. The van der Waals surface area contributed by atoms with Gasteiger partial charge in [-0.1, -0.05) is 18.2 Å². The predicted molar refractivity (Wildman–Crippen MR) is 106 cm³/mol. The summed E-state index contributed by atoms with van der Waals surface area (Å²) in [6.07, 6.45) is 0. The normalized spacial score (nSPS) is 10.0. The Kier molecular flexibility index (Phi) is 7.83. The first kappa shape index (κ1) is 20.5. The highest BCUT2D eigenvalue weighted by atomic mass is 32.2. The van der Waals surface area contributed by atoms with E-state index in [-0.39, 0.29) is 5.91 Å². The van der Waals surface area contributed by atoms with Crippen molar-refractivity contribution in [2.75, 3.05) is 33.6 Å². The van der Waals surface area contributed by atoms with Crippen molar-refractivity contribution in [3.63, 3.8) is 0 Å². The van der Waals surface area contributed by atoms with Crippen molar-refractivity contribution in [3.05, 3.63) is 53.1 Å². The van der Waals surface area contributed by atoms with E-state index >= 15 is 0 Å². The smallest absolute Gasteiger partial charge is 0.255 e. The number of hydrogen-bond acceptors (Lipinski definition) is 6. The van der Waals surface area contributed by atoms with E-state index in [4.69, 9.17) is 19.5 Å². The van der Waals surface area contributed by atoms with E-state index in [1.807, 2.05) is 18.2 Å². The molecule has 0 radical (unpaired) electrons. The molecule has 1 amide bonds. The molecule has 0 unspecified atom stereocenters. The molecule has 6 nitrogen and oxygen atoms in total. The average molecular weight is 386 g/mol. The van der Waals surface area contributed by atoms with Gasteiger partial charge in [0.05, 0.1) is 38.5 Å². The molecule has 0 aliphatic heterocycles. The number of thioether (sulfide) groups is 1. The molecular weight excluding hydrogens is 364 g/mol. The Morgan fingerprint density at radius 2 is 1.74 bits per heavy atom. The lowest BCUT2D eigenvalue weighted by Crippen LogP contribution is -2.26. The standard InChI is InChI=1S/C20H22N2O4S/c1-24-17-11-19(26-3)18(25-2)10-16(17)20(23)22-8-9-27-13-15-7-5-4-6-14(15)12-21/h4-7,10-11H,8-9,13H2,1-3H3,(H,22,23). The maximum absolute atomic E-state index is 12.5. The number of ether oxygens (including phenoxy) is 3. The van der Waals surface area contributed by atoms with Gasteiger partial charge in [-0.25, -0.2) is 0 Å². The SMILES string of the molecule is COc1cc(OC)c(C(=O)NCCSCc2ccccc2C#N)cc1OC. The monoisotopic (exact) mass is 386 g/mol. The van der Waals surface area contributed by atoms with Gasteiger partial charge in [0.2, 0.25) is 0 Å². The summed E-state index contributed by atoms with van der Waals surface area (Å²) in [5.74, 6) is 2.58. The number of methoxy groups -OCH3 is 3. The Bertz CT molecular complexity index is 833. The van der Waals surface area contributed by atoms with Gasteiger partial charge in [-0.05, 0) is 11.6 Å². The molecule has 27 heavy (non-hydrogen) atoms. The van der Waals surface area contributed by atoms with Gasteiger partial charge in [0.15, 0.2) is 11.5 Å². The van der Waals surface area contributed by atoms with Crippen LogP contribution in [0.3, 0.4) is 0 Å². The van der Waals surface area contributed by atoms with Crippen LogP contribution in [0, 0.1) is 11.3 Å². The molecule has 2 aromatic carbocycles. The zero-order valence-electron chi connectivity index (χ0n) is 15.6. The maximum Gasteiger partial charge on any atom is 0.255 e. The number of amides is 1. The number of nitrogens with zero attached hydrogens (tertiary/aromatic N) is 1. The summed E-state index contributed by atoms with van der Waals surface area (Å²) in [6.45, 7) is 0.496. The van der Waals surface area contributed by atoms with Gasteiger partial charge in [-0.3, -0.25) is 4.79 Å². The summed E-state index contributed by atoms with van der Waals surface area (Å²) in [5.41, 5.74) is 2.07. The third kappa shape index (κ3) is 5.31. The summed E-state index contributed by atoms with van der Waals surface area (Å²) in [5, 5.41) is 12.0. The Labute approximate surface area is 163 Å². The van der Waals surface area contributed by atoms with Crippen molar-refractivity contribution in [1.82, 2.24) is 5.32 Å². The fourth-order valence-electron chi connectivity index (χ4n) is 2.48. The minimum atomic E-state index is -0.245. The van der Waals surface area contributed by atoms with Crippen LogP contribution in [0.25, 0.3) is 0 Å². The van der Waals surface area contributed by atoms with Crippen LogP contribution in [0.15, 0.2) is 36.4 Å². The van der Waals surface area contributed by atoms with Gasteiger partial charge in [-0.15, -0.1) is 0 Å². The number of nitrogens with one attached hydrogen (secondary N) is 1. The van der Waals surface area contributed by atoms with Gasteiger partial charge in [-0.2, -0.15) is 17.0 Å². The van der Waals surface area contributed by atoms with Crippen LogP contribution in [-0.2, 0) is 5.75 Å². The number of nitriles is 1. The van der Waals surface area contributed by atoms with E-state index < -0.39 is 0 Å². The molecule has 0 saturated heterocycles. The minimum Gasteiger partial charge on any atom is -0.496 e. The Balaban J connectivity index is 1.91. The second kappa shape index (κ2) is 10.3. The molecule has 0 aliphatic rings. The Morgan fingerprint density at radius 3 is 2.41 bits per heavy atom. The van der Waals surface area contributed by atoms with Gasteiger partial charge in [0, 0.05) is 30.2 Å². The third-order valence-corrected chi connectivity index (χ3v) is 4.89. The first-order valence-corrected chi connectivity index (χ1v) is 9.44. The van der Waals surface area contributed by atoms with Gasteiger partial charge in [0.1, 0.15) is 5.75 Å². The highest BCUT2D eigenvalue weighted by Crippen LogP contribution is 2.34. The molecule has 0 saturated carbocycles. The number of hydrogen-bond donors (Lipinski definition) is 1. The van der Waals surface area contributed by atoms with E-state index in [9.17, 15) is 4.79 Å². The number of rotatable bonds is 9. The van der Waals surface area contributed by atoms with Crippen molar-refractivity contribution in [2.24, 2.45) is 0 Å². The summed E-state index contributed by atoms with van der Waals surface area (Å²) in [6, 6.07) is 12.9. The highest BCUT2D eigenvalue weighted by molar-refractivity contribution is 7.98. The second-order valence-corrected chi connectivity index (χ2v) is 6.59. The molecule has 7 heteroatoms. The fourth-order valence-corrected chi connectivity index (χ4v) is 3.34. The van der Waals surface area contributed by atoms with E-state index in [2.05, 4.69) is 11.4 Å². The van der Waals surface area contributed by atoms with E-state index in [0.29, 0.717) is 34.9 Å². The topological polar surface area (TPSA) is 80.6 Å². The first-order valence-electron chi connectivity index (χ1n) is 8.28. The summed E-state index contributed by atoms with van der Waals surface area (Å²) >= 11 is 1.65. The molecule has 1 N–H and O–H groups in total. The molecule has 0 spiro atoms. The van der Waals surface area contributed by atoms with Crippen molar-refractivity contribution < 1.29 is 19.0 Å². The predicted octanol–water partition coefficient (Wildman–Crippen LogP) is 3.25. The summed E-state index contributed by atoms with van der Waals surface area (Å²) < 4.78 is 15.8. The van der Waals surface area contributed by atoms with Crippen LogP contribution in [0.1, 0.15) is 21.5 Å². The first-order chi connectivity index (χ1) is 13.1. The molecule has 0 heterocycles. The van der Waals surface area contributed by atoms with E-state index in [1.54, 1.807) is 30.0 Å². The average Bonchev–Trinajstić information content (AvgIpc) is 2.72. The Hall–Kier alpha value is -2.85. The van der Waals surface area contributed by atoms with E-state index in [0.717, 1.165) is 17.1 Å². The number of benzene rings is 2. The molecule has 0 fully saturated rings. The lowest BCUT2D eigenvalue weighted by atomic mass is 10.1. The summed E-state index contributed by atoms with van der Waals surface area (Å²) in [4.78, 5) is 12.5. The zero-order chi connectivity index (χ0) is 19.6. The van der Waals surface area contributed by atoms with Gasteiger partial charge in [0.25, 0.3) is 5.91 Å². The quantitative estimate of drug-likeness (QED) is 0.667. The van der Waals surface area contributed by atoms with Crippen LogP contribution >= 0.6 is 11.8 Å². The highest BCUT2D eigenvalue weighted by Gasteiger charge is 2.17. The molecule has 2 rings (SSSR count). The molecular formula is C20H22N2O4S. The number of carbonyl (C=O) groups excluding carboxylic acids is 1. The van der Waals surface area contributed by atoms with Gasteiger partial charge >= 0.3 is 0 Å². The molecule has 0 atom stereocenters. The van der Waals surface area contributed by atoms with Crippen molar-refractivity contribution in [3.8, 4) is 23.3 Å². The molecule has 0 bridgehead atoms. The van der Waals surface area contributed by atoms with Crippen LogP contribution in [0.4, 0.5) is 0 Å². The van der Waals surface area contributed by atoms with Crippen LogP contribution in [-0.4, -0.2) is 39.5 Å². The van der Waals surface area contributed by atoms with E-state index in [1.165, 1.54) is 21.3 Å². The third-order valence-electron chi connectivity index (χ3n) is 3.88. The van der Waals surface area contributed by atoms with Crippen molar-refractivity contribution in [2.45, 2.75) is 5.75 Å². The minimum absolute atomic E-state index is 0.245. The molecule has 0 aromatic heterocycles. The van der Waals surface area contributed by atoms with Crippen LogP contribution in [0.5, 0.6) is 17.2 Å². The fraction of sp³-hybridized carbons (Fsp3) is 0.300. The molecule has 2 aromatic rings. The largest absolute Gasteiger partial charge is 0.496 e. The number of carbonyl (C=O) groups is 1. The lowest BCUT2D eigenvalue weighted by Gasteiger charge is -2.14. The summed E-state index contributed by atoms with van der Waals surface area (Å²) in [7, 11) is 4.54. The van der Waals surface area contributed by atoms with Crippen molar-refractivity contribution in [1.29, 1.82) is 5.26 Å². The lowest BCUT2D eigenvalue weighted by molar-refractivity contribution is 0.0952. The van der Waals surface area contributed by atoms with Crippen LogP contribution < -0.4 is 19.5 Å².